The first-order chi connectivity index (χ1) is 13.9. The van der Waals surface area contributed by atoms with Crippen LogP contribution < -0.4 is 0 Å². The Kier molecular flexibility index (Phi) is 13.9. The van der Waals surface area contributed by atoms with Gasteiger partial charge in [0.2, 0.25) is 0 Å². The van der Waals surface area contributed by atoms with Gasteiger partial charge in [0, 0.05) is 11.8 Å². The topological polar surface area (TPSA) is 105 Å². The second-order valence-electron chi connectivity index (χ2n) is 5.46. The van der Waals surface area contributed by atoms with Crippen molar-refractivity contribution in [3.05, 3.63) is 35.5 Å². The number of esters is 4. The van der Waals surface area contributed by atoms with Crippen LogP contribution >= 0.6 is 0 Å². The van der Waals surface area contributed by atoms with Crippen LogP contribution in [0.2, 0.25) is 0 Å². The Hall–Kier alpha value is -3.34. The summed E-state index contributed by atoms with van der Waals surface area (Å²) in [5.74, 6) is 1.35. The lowest BCUT2D eigenvalue weighted by Gasteiger charge is -2.12. The molecule has 158 valence electrons. The van der Waals surface area contributed by atoms with Crippen LogP contribution in [0.5, 0.6) is 0 Å². The Morgan fingerprint density at radius 1 is 0.655 bits per heavy atom. The third-order valence-corrected chi connectivity index (χ3v) is 3.58. The molecule has 0 saturated carbocycles. The highest BCUT2D eigenvalue weighted by atomic mass is 16.5. The lowest BCUT2D eigenvalue weighted by molar-refractivity contribution is -0.139. The summed E-state index contributed by atoms with van der Waals surface area (Å²) < 4.78 is 17.4. The molecule has 0 fully saturated rings. The standard InChI is InChI=1S/C10H12O4.C6H6O4.C5H8/c1-13-9(11)7-5-3-4-6-8(7)10(12)14-2;1-9-5(7)3-4-6(8)10-2;1-2-4-5-3-1/h3-4H,5-6H2,1-2H3;1-2H3;1-2H,3-5H2. The summed E-state index contributed by atoms with van der Waals surface area (Å²) in [5.41, 5.74) is 0.781. The van der Waals surface area contributed by atoms with Crippen LogP contribution in [0, 0.1) is 11.8 Å². The highest BCUT2D eigenvalue weighted by molar-refractivity contribution is 6.01. The van der Waals surface area contributed by atoms with Gasteiger partial charge in [0.15, 0.2) is 0 Å². The predicted octanol–water partition coefficient (Wildman–Crippen LogP) is 2.04. The van der Waals surface area contributed by atoms with Crippen molar-refractivity contribution in [3.8, 4) is 11.8 Å². The Bertz CT molecular complexity index is 676. The summed E-state index contributed by atoms with van der Waals surface area (Å²) in [7, 11) is 4.94. The van der Waals surface area contributed by atoms with E-state index in [2.05, 4.69) is 31.1 Å². The fraction of sp³-hybridized carbons (Fsp3) is 0.429. The average molecular weight is 406 g/mol. The lowest BCUT2D eigenvalue weighted by Crippen LogP contribution is -2.15. The molecule has 0 aliphatic heterocycles. The highest BCUT2D eigenvalue weighted by Gasteiger charge is 2.22. The normalized spacial score (nSPS) is 13.4. The smallest absolute Gasteiger partial charge is 0.384 e. The van der Waals surface area contributed by atoms with E-state index in [4.69, 9.17) is 0 Å². The molecule has 0 aromatic carbocycles. The molecule has 0 N–H and O–H groups in total. The van der Waals surface area contributed by atoms with Gasteiger partial charge in [-0.15, -0.1) is 0 Å². The zero-order valence-electron chi connectivity index (χ0n) is 17.1. The molecule has 2 aliphatic carbocycles. The number of rotatable bonds is 2. The van der Waals surface area contributed by atoms with Gasteiger partial charge in [0.05, 0.1) is 39.6 Å². The van der Waals surface area contributed by atoms with Crippen molar-refractivity contribution < 1.29 is 38.1 Å². The second kappa shape index (κ2) is 15.7. The minimum Gasteiger partial charge on any atom is -0.466 e. The van der Waals surface area contributed by atoms with Gasteiger partial charge in [-0.1, -0.05) is 24.3 Å². The van der Waals surface area contributed by atoms with Gasteiger partial charge in [-0.3, -0.25) is 0 Å². The molecule has 0 radical (unpaired) electrons. The summed E-state index contributed by atoms with van der Waals surface area (Å²) in [4.78, 5) is 43.0. The summed E-state index contributed by atoms with van der Waals surface area (Å²) in [6.45, 7) is 0. The predicted molar refractivity (Wildman–Crippen MR) is 104 cm³/mol. The molecule has 8 heteroatoms. The van der Waals surface area contributed by atoms with E-state index >= 15 is 0 Å². The number of carbonyl (C=O) groups is 4. The van der Waals surface area contributed by atoms with E-state index in [-0.39, 0.29) is 0 Å². The van der Waals surface area contributed by atoms with Gasteiger partial charge in [-0.2, -0.15) is 0 Å². The first-order valence-corrected chi connectivity index (χ1v) is 8.77. The third kappa shape index (κ3) is 11.2. The van der Waals surface area contributed by atoms with E-state index < -0.39 is 23.9 Å². The molecule has 0 amide bonds. The molecule has 8 nitrogen and oxygen atoms in total. The maximum Gasteiger partial charge on any atom is 0.384 e. The first kappa shape index (κ1) is 25.7. The van der Waals surface area contributed by atoms with Crippen molar-refractivity contribution in [2.24, 2.45) is 0 Å². The molecule has 0 unspecified atom stereocenters. The highest BCUT2D eigenvalue weighted by Crippen LogP contribution is 2.21. The van der Waals surface area contributed by atoms with Crippen LogP contribution in [0.25, 0.3) is 0 Å². The number of hydrogen-bond acceptors (Lipinski definition) is 8. The molecule has 0 spiro atoms. The first-order valence-electron chi connectivity index (χ1n) is 8.77. The van der Waals surface area contributed by atoms with Gasteiger partial charge in [-0.05, 0) is 32.1 Å². The minimum atomic E-state index is -0.759. The molecule has 2 aliphatic rings. The van der Waals surface area contributed by atoms with Crippen LogP contribution in [0.4, 0.5) is 0 Å². The summed E-state index contributed by atoms with van der Waals surface area (Å²) in [6.07, 6.45) is 13.0. The third-order valence-electron chi connectivity index (χ3n) is 3.58. The van der Waals surface area contributed by atoms with Crippen molar-refractivity contribution in [3.63, 3.8) is 0 Å². The summed E-state index contributed by atoms with van der Waals surface area (Å²) in [6, 6.07) is 0. The number of hydrogen-bond donors (Lipinski definition) is 0. The Balaban J connectivity index is 0.000000452. The van der Waals surface area contributed by atoms with Crippen LogP contribution in [0.1, 0.15) is 32.1 Å². The average Bonchev–Trinajstić information content (AvgIpc) is 3.36. The van der Waals surface area contributed by atoms with E-state index in [1.54, 1.807) is 0 Å². The molecule has 2 rings (SSSR count). The van der Waals surface area contributed by atoms with Crippen molar-refractivity contribution in [1.29, 1.82) is 0 Å². The van der Waals surface area contributed by atoms with Crippen LogP contribution in [0.3, 0.4) is 0 Å². The summed E-state index contributed by atoms with van der Waals surface area (Å²) >= 11 is 0. The van der Waals surface area contributed by atoms with Gasteiger partial charge in [0.1, 0.15) is 0 Å². The fourth-order valence-electron chi connectivity index (χ4n) is 2.10. The Morgan fingerprint density at radius 3 is 1.28 bits per heavy atom. The number of carbonyl (C=O) groups excluding carboxylic acids is 4. The van der Waals surface area contributed by atoms with Crippen LogP contribution in [-0.4, -0.2) is 52.3 Å². The Labute approximate surface area is 170 Å². The summed E-state index contributed by atoms with van der Waals surface area (Å²) in [5, 5.41) is 0. The lowest BCUT2D eigenvalue weighted by atomic mass is 9.97. The molecule has 0 atom stereocenters. The second-order valence-corrected chi connectivity index (χ2v) is 5.46. The van der Waals surface area contributed by atoms with E-state index in [1.807, 2.05) is 24.0 Å². The molecule has 29 heavy (non-hydrogen) atoms. The van der Waals surface area contributed by atoms with Crippen molar-refractivity contribution in [2.45, 2.75) is 32.1 Å². The van der Waals surface area contributed by atoms with Crippen molar-refractivity contribution >= 4 is 23.9 Å². The molecule has 0 heterocycles. The van der Waals surface area contributed by atoms with Crippen LogP contribution in [0.15, 0.2) is 35.5 Å². The molecular formula is C21H26O8. The van der Waals surface area contributed by atoms with Crippen molar-refractivity contribution in [1.82, 2.24) is 0 Å². The van der Waals surface area contributed by atoms with E-state index in [1.165, 1.54) is 47.7 Å². The number of allylic oxidation sites excluding steroid dienone is 4. The zero-order valence-corrected chi connectivity index (χ0v) is 17.1. The minimum absolute atomic E-state index is 0.391. The molecule has 0 bridgehead atoms. The van der Waals surface area contributed by atoms with E-state index in [0.29, 0.717) is 24.0 Å². The monoisotopic (exact) mass is 406 g/mol. The van der Waals surface area contributed by atoms with Gasteiger partial charge in [0.25, 0.3) is 0 Å². The maximum atomic E-state index is 11.3. The number of ether oxygens (including phenoxy) is 4. The molecule has 0 aromatic heterocycles. The van der Waals surface area contributed by atoms with Gasteiger partial charge in [-0.25, -0.2) is 19.2 Å². The quantitative estimate of drug-likeness (QED) is 0.226. The Morgan fingerprint density at radius 2 is 1.03 bits per heavy atom. The largest absolute Gasteiger partial charge is 0.466 e. The maximum absolute atomic E-state index is 11.3. The fourth-order valence-corrected chi connectivity index (χ4v) is 2.10. The van der Waals surface area contributed by atoms with Crippen LogP contribution in [-0.2, 0) is 38.1 Å². The van der Waals surface area contributed by atoms with E-state index in [0.717, 1.165) is 0 Å². The van der Waals surface area contributed by atoms with Crippen molar-refractivity contribution in [2.75, 3.05) is 28.4 Å². The van der Waals surface area contributed by atoms with Gasteiger partial charge >= 0.3 is 23.9 Å². The van der Waals surface area contributed by atoms with Gasteiger partial charge < -0.3 is 18.9 Å². The molecule has 0 aromatic rings. The zero-order chi connectivity index (χ0) is 22.1. The molecule has 0 saturated heterocycles. The number of methoxy groups -OCH3 is 4. The SMILES string of the molecule is C1=CCCC1.COC(=O)C#CC(=O)OC.COC(=O)C1=C(C(=O)OC)CC=CC1. The molecular weight excluding hydrogens is 380 g/mol. The van der Waals surface area contributed by atoms with E-state index in [9.17, 15) is 19.2 Å².